The molecular weight excluding hydrogens is 247 g/mol. The van der Waals surface area contributed by atoms with E-state index in [4.69, 9.17) is 38.2 Å². The summed E-state index contributed by atoms with van der Waals surface area (Å²) in [6.07, 6.45) is 4.43. The molecule has 0 aromatic heterocycles. The van der Waals surface area contributed by atoms with E-state index in [1.165, 1.54) is 0 Å². The van der Waals surface area contributed by atoms with E-state index in [2.05, 4.69) is 0 Å². The van der Waals surface area contributed by atoms with Crippen LogP contribution in [0.15, 0.2) is 0 Å². The van der Waals surface area contributed by atoms with Gasteiger partial charge in [-0.2, -0.15) is 0 Å². The van der Waals surface area contributed by atoms with Gasteiger partial charge in [0.1, 0.15) is 0 Å². The van der Waals surface area contributed by atoms with E-state index in [0.717, 1.165) is 37.6 Å². The van der Waals surface area contributed by atoms with E-state index >= 15 is 0 Å². The first kappa shape index (κ1) is 14.0. The molecule has 0 aliphatic carbocycles. The second-order valence-corrected chi connectivity index (χ2v) is 9.83. The fraction of sp³-hybridized carbons (Fsp3) is 1.00. The zero-order valence-corrected chi connectivity index (χ0v) is 11.3. The van der Waals surface area contributed by atoms with E-state index in [0.29, 0.717) is 6.61 Å². The fourth-order valence-electron chi connectivity index (χ4n) is 0.874. The summed E-state index contributed by atoms with van der Waals surface area (Å²) >= 11 is 17.4. The molecule has 13 heavy (non-hydrogen) atoms. The summed E-state index contributed by atoms with van der Waals surface area (Å²) in [6.45, 7) is 0.320. The number of alkyl halides is 1. The summed E-state index contributed by atoms with van der Waals surface area (Å²) in [7, 11) is 0. The second-order valence-electron chi connectivity index (χ2n) is 2.94. The molecule has 0 amide bonds. The van der Waals surface area contributed by atoms with Crippen molar-refractivity contribution < 1.29 is 4.43 Å². The van der Waals surface area contributed by atoms with Crippen LogP contribution in [-0.4, -0.2) is 19.4 Å². The quantitative estimate of drug-likeness (QED) is 0.275. The largest absolute Gasteiger partial charge is 0.392 e. The summed E-state index contributed by atoms with van der Waals surface area (Å²) in [5.74, 6) is 0.750. The molecule has 0 fully saturated rings. The van der Waals surface area contributed by atoms with Gasteiger partial charge in [-0.15, -0.1) is 33.8 Å². The van der Waals surface area contributed by atoms with Gasteiger partial charge in [0.2, 0.25) is 0 Å². The third-order valence-corrected chi connectivity index (χ3v) is 5.73. The highest BCUT2D eigenvalue weighted by Crippen LogP contribution is 2.21. The summed E-state index contributed by atoms with van der Waals surface area (Å²) in [5, 5.41) is 0. The van der Waals surface area contributed by atoms with Gasteiger partial charge in [-0.05, 0) is 18.9 Å². The molecule has 0 saturated carbocycles. The third kappa shape index (κ3) is 9.35. The molecule has 0 radical (unpaired) electrons. The van der Waals surface area contributed by atoms with Crippen molar-refractivity contribution in [1.82, 2.24) is 0 Å². The van der Waals surface area contributed by atoms with Crippen molar-refractivity contribution in [3.05, 3.63) is 0 Å². The minimum absolute atomic E-state index is 0.690. The lowest BCUT2D eigenvalue weighted by Crippen LogP contribution is -2.23. The predicted octanol–water partition coefficient (Wildman–Crippen LogP) is 4.24. The van der Waals surface area contributed by atoms with Gasteiger partial charge in [-0.1, -0.05) is 19.8 Å². The van der Waals surface area contributed by atoms with E-state index in [1.807, 2.05) is 6.92 Å². The molecule has 0 aliphatic heterocycles. The second kappa shape index (κ2) is 8.36. The van der Waals surface area contributed by atoms with Gasteiger partial charge in [0.15, 0.2) is 0 Å². The van der Waals surface area contributed by atoms with Gasteiger partial charge >= 0.3 is 6.94 Å². The van der Waals surface area contributed by atoms with Crippen LogP contribution in [0.3, 0.4) is 0 Å². The predicted molar refractivity (Wildman–Crippen MR) is 63.1 cm³/mol. The summed E-state index contributed by atoms with van der Waals surface area (Å²) in [6, 6.07) is 0.748. The van der Waals surface area contributed by atoms with Gasteiger partial charge < -0.3 is 4.43 Å². The molecule has 0 aromatic carbocycles. The normalized spacial score (nSPS) is 12.0. The molecule has 0 bridgehead atoms. The maximum Gasteiger partial charge on any atom is 0.389 e. The van der Waals surface area contributed by atoms with Gasteiger partial charge in [0, 0.05) is 12.5 Å². The molecule has 1 nitrogen and oxygen atoms in total. The first-order valence-electron chi connectivity index (χ1n) is 4.70. The van der Waals surface area contributed by atoms with Gasteiger partial charge in [-0.25, -0.2) is 0 Å². The minimum atomic E-state index is -2.33. The lowest BCUT2D eigenvalue weighted by Gasteiger charge is -2.14. The summed E-state index contributed by atoms with van der Waals surface area (Å²) in [4.78, 5) is 0. The molecule has 5 heteroatoms. The van der Waals surface area contributed by atoms with Crippen LogP contribution in [0.25, 0.3) is 0 Å². The van der Waals surface area contributed by atoms with Crippen LogP contribution < -0.4 is 0 Å². The fourth-order valence-corrected chi connectivity index (χ4v) is 2.17. The van der Waals surface area contributed by atoms with Crippen molar-refractivity contribution in [3.8, 4) is 0 Å². The number of unbranched alkanes of at least 4 members (excludes halogenated alkanes) is 3. The maximum atomic E-state index is 5.92. The topological polar surface area (TPSA) is 9.23 Å². The van der Waals surface area contributed by atoms with E-state index in [1.54, 1.807) is 0 Å². The van der Waals surface area contributed by atoms with Crippen LogP contribution in [0.5, 0.6) is 0 Å². The molecular formula is C8H17Cl3OSi. The van der Waals surface area contributed by atoms with Crippen LogP contribution in [0.2, 0.25) is 6.04 Å². The monoisotopic (exact) mass is 262 g/mol. The Morgan fingerprint density at radius 3 is 2.23 bits per heavy atom. The zero-order valence-electron chi connectivity index (χ0n) is 7.99. The van der Waals surface area contributed by atoms with E-state index < -0.39 is 6.94 Å². The smallest absolute Gasteiger partial charge is 0.389 e. The lowest BCUT2D eigenvalue weighted by molar-refractivity contribution is 0.311. The molecule has 0 N–H and O–H groups in total. The zero-order chi connectivity index (χ0) is 10.2. The average molecular weight is 264 g/mol. The van der Waals surface area contributed by atoms with Crippen LogP contribution in [0.4, 0.5) is 0 Å². The number of hydrogen-bond acceptors (Lipinski definition) is 1. The number of hydrogen-bond donors (Lipinski definition) is 0. The highest BCUT2D eigenvalue weighted by Gasteiger charge is 2.27. The Bertz CT molecular complexity index is 122. The Hall–Kier alpha value is 1.05. The Labute approximate surface area is 96.2 Å². The molecule has 0 heterocycles. The van der Waals surface area contributed by atoms with Crippen molar-refractivity contribution >= 4 is 40.7 Å². The Morgan fingerprint density at radius 1 is 1.08 bits per heavy atom. The molecule has 0 unspecified atom stereocenters. The lowest BCUT2D eigenvalue weighted by atomic mass is 10.2. The SMILES string of the molecule is CC[Si](Cl)(Cl)OCCCCCCCl. The molecule has 0 aliphatic rings. The van der Waals surface area contributed by atoms with Crippen LogP contribution in [-0.2, 0) is 4.43 Å². The maximum absolute atomic E-state index is 5.92. The van der Waals surface area contributed by atoms with Gasteiger partial charge in [-0.3, -0.25) is 0 Å². The highest BCUT2D eigenvalue weighted by molar-refractivity contribution is 7.42. The Balaban J connectivity index is 3.16. The van der Waals surface area contributed by atoms with Gasteiger partial charge in [0.05, 0.1) is 0 Å². The molecule has 0 spiro atoms. The minimum Gasteiger partial charge on any atom is -0.392 e. The summed E-state index contributed by atoms with van der Waals surface area (Å²) < 4.78 is 5.40. The molecule has 0 atom stereocenters. The Morgan fingerprint density at radius 2 is 1.69 bits per heavy atom. The standard InChI is InChI=1S/C8H17Cl3OSi/c1-2-13(10,11)12-8-6-4-3-5-7-9/h2-8H2,1H3. The summed E-state index contributed by atoms with van der Waals surface area (Å²) in [5.41, 5.74) is 0. The Kier molecular flexibility index (Phi) is 9.04. The highest BCUT2D eigenvalue weighted by atomic mass is 35.7. The van der Waals surface area contributed by atoms with Crippen molar-refractivity contribution in [2.75, 3.05) is 12.5 Å². The van der Waals surface area contributed by atoms with Crippen molar-refractivity contribution in [1.29, 1.82) is 0 Å². The van der Waals surface area contributed by atoms with Crippen LogP contribution in [0, 0.1) is 0 Å². The molecule has 0 aromatic rings. The number of halogens is 3. The van der Waals surface area contributed by atoms with Crippen LogP contribution >= 0.6 is 33.8 Å². The molecule has 0 rings (SSSR count). The van der Waals surface area contributed by atoms with Crippen molar-refractivity contribution in [3.63, 3.8) is 0 Å². The van der Waals surface area contributed by atoms with E-state index in [-0.39, 0.29) is 0 Å². The van der Waals surface area contributed by atoms with Crippen molar-refractivity contribution in [2.24, 2.45) is 0 Å². The van der Waals surface area contributed by atoms with Gasteiger partial charge in [0.25, 0.3) is 0 Å². The first-order valence-corrected chi connectivity index (χ1v) is 9.37. The van der Waals surface area contributed by atoms with E-state index in [9.17, 15) is 0 Å². The van der Waals surface area contributed by atoms with Crippen molar-refractivity contribution in [2.45, 2.75) is 38.7 Å². The molecule has 80 valence electrons. The third-order valence-electron chi connectivity index (χ3n) is 1.75. The first-order chi connectivity index (χ1) is 6.12. The molecule has 0 saturated heterocycles. The average Bonchev–Trinajstić information content (AvgIpc) is 2.11. The van der Waals surface area contributed by atoms with Crippen LogP contribution in [0.1, 0.15) is 32.6 Å². The number of rotatable bonds is 8.